The zero-order valence-electron chi connectivity index (χ0n) is 12.2. The Balaban J connectivity index is 1.63. The maximum absolute atomic E-state index is 5.81. The third kappa shape index (κ3) is 3.33. The van der Waals surface area contributed by atoms with Crippen LogP contribution in [0.5, 0.6) is 0 Å². The minimum absolute atomic E-state index is 0.320. The first kappa shape index (κ1) is 13.9. The van der Waals surface area contributed by atoms with Crippen molar-refractivity contribution >= 4 is 11.8 Å². The molecule has 3 heterocycles. The normalized spacial score (nSPS) is 18.0. The van der Waals surface area contributed by atoms with Gasteiger partial charge in [-0.3, -0.25) is 0 Å². The van der Waals surface area contributed by atoms with Crippen LogP contribution in [-0.4, -0.2) is 34.3 Å². The summed E-state index contributed by atoms with van der Waals surface area (Å²) in [6.45, 7) is 2.33. The standard InChI is InChI=1S/C15H21N5O/c1-20-7-2-3-12(20)4-6-17-14-9-13(18-15(16)19-14)11-5-8-21-10-11/h2-3,7,9,11H,4-6,8,10H2,1H3,(H3,16,17,18,19)/t11-/m0/s1. The maximum atomic E-state index is 5.81. The molecular weight excluding hydrogens is 266 g/mol. The Bertz CT molecular complexity index is 604. The molecule has 0 spiro atoms. The third-order valence-corrected chi connectivity index (χ3v) is 3.85. The molecule has 3 rings (SSSR count). The molecule has 0 amide bonds. The lowest BCUT2D eigenvalue weighted by Gasteiger charge is -2.11. The van der Waals surface area contributed by atoms with Crippen LogP contribution in [0.2, 0.25) is 0 Å². The fraction of sp³-hybridized carbons (Fsp3) is 0.467. The number of anilines is 2. The van der Waals surface area contributed by atoms with Gasteiger partial charge in [-0.25, -0.2) is 4.98 Å². The van der Waals surface area contributed by atoms with Gasteiger partial charge in [-0.2, -0.15) is 4.98 Å². The molecule has 2 aromatic heterocycles. The highest BCUT2D eigenvalue weighted by Gasteiger charge is 2.20. The van der Waals surface area contributed by atoms with Crippen LogP contribution in [0.25, 0.3) is 0 Å². The van der Waals surface area contributed by atoms with Gasteiger partial charge in [0.05, 0.1) is 12.3 Å². The first-order chi connectivity index (χ1) is 10.2. The lowest BCUT2D eigenvalue weighted by molar-refractivity contribution is 0.193. The Kier molecular flexibility index (Phi) is 4.06. The number of hydrogen-bond acceptors (Lipinski definition) is 5. The zero-order chi connectivity index (χ0) is 14.7. The van der Waals surface area contributed by atoms with Crippen molar-refractivity contribution in [3.63, 3.8) is 0 Å². The Morgan fingerprint density at radius 2 is 2.38 bits per heavy atom. The summed E-state index contributed by atoms with van der Waals surface area (Å²) in [6.07, 6.45) is 3.99. The molecular formula is C15H21N5O. The molecule has 2 aromatic rings. The number of hydrogen-bond donors (Lipinski definition) is 2. The van der Waals surface area contributed by atoms with Crippen LogP contribution >= 0.6 is 0 Å². The molecule has 3 N–H and O–H groups in total. The third-order valence-electron chi connectivity index (χ3n) is 3.85. The van der Waals surface area contributed by atoms with E-state index in [0.717, 1.165) is 44.1 Å². The van der Waals surface area contributed by atoms with E-state index in [2.05, 4.69) is 45.2 Å². The van der Waals surface area contributed by atoms with E-state index in [0.29, 0.717) is 11.9 Å². The lowest BCUT2D eigenvalue weighted by Crippen LogP contribution is -2.12. The van der Waals surface area contributed by atoms with Gasteiger partial charge in [0.1, 0.15) is 5.82 Å². The molecule has 6 nitrogen and oxygen atoms in total. The van der Waals surface area contributed by atoms with Gasteiger partial charge in [0, 0.05) is 50.5 Å². The number of nitrogens with zero attached hydrogens (tertiary/aromatic N) is 3. The molecule has 1 aliphatic rings. The minimum atomic E-state index is 0.320. The predicted molar refractivity (Wildman–Crippen MR) is 82.2 cm³/mol. The molecule has 0 bridgehead atoms. The quantitative estimate of drug-likeness (QED) is 0.872. The van der Waals surface area contributed by atoms with Gasteiger partial charge in [0.2, 0.25) is 5.95 Å². The Morgan fingerprint density at radius 3 is 3.10 bits per heavy atom. The highest BCUT2D eigenvalue weighted by Crippen LogP contribution is 2.25. The number of nitrogens with two attached hydrogens (primary N) is 1. The summed E-state index contributed by atoms with van der Waals surface area (Å²) in [5, 5.41) is 3.33. The second-order valence-electron chi connectivity index (χ2n) is 5.38. The fourth-order valence-corrected chi connectivity index (χ4v) is 2.63. The molecule has 21 heavy (non-hydrogen) atoms. The lowest BCUT2D eigenvalue weighted by atomic mass is 10.0. The number of ether oxygens (including phenoxy) is 1. The smallest absolute Gasteiger partial charge is 0.222 e. The summed E-state index contributed by atoms with van der Waals surface area (Å²) in [5.74, 6) is 1.45. The van der Waals surface area contributed by atoms with E-state index in [1.807, 2.05) is 6.07 Å². The summed E-state index contributed by atoms with van der Waals surface area (Å²) < 4.78 is 7.53. The van der Waals surface area contributed by atoms with Crippen molar-refractivity contribution in [2.24, 2.45) is 7.05 Å². The monoisotopic (exact) mass is 287 g/mol. The number of nitrogens with one attached hydrogen (secondary N) is 1. The number of nitrogen functional groups attached to an aromatic ring is 1. The highest BCUT2D eigenvalue weighted by atomic mass is 16.5. The largest absolute Gasteiger partial charge is 0.381 e. The van der Waals surface area contributed by atoms with E-state index in [4.69, 9.17) is 10.5 Å². The van der Waals surface area contributed by atoms with Gasteiger partial charge >= 0.3 is 0 Å². The average molecular weight is 287 g/mol. The Labute approximate surface area is 124 Å². The fourth-order valence-electron chi connectivity index (χ4n) is 2.63. The summed E-state index contributed by atoms with van der Waals surface area (Å²) in [6, 6.07) is 6.16. The second-order valence-corrected chi connectivity index (χ2v) is 5.38. The molecule has 1 atom stereocenters. The van der Waals surface area contributed by atoms with Crippen molar-refractivity contribution in [3.05, 3.63) is 35.8 Å². The maximum Gasteiger partial charge on any atom is 0.222 e. The Hall–Kier alpha value is -2.08. The molecule has 0 aliphatic carbocycles. The number of aryl methyl sites for hydroxylation is 1. The van der Waals surface area contributed by atoms with Crippen molar-refractivity contribution in [1.82, 2.24) is 14.5 Å². The average Bonchev–Trinajstić information content (AvgIpc) is 3.10. The van der Waals surface area contributed by atoms with E-state index < -0.39 is 0 Å². The topological polar surface area (TPSA) is 78.0 Å². The Morgan fingerprint density at radius 1 is 1.48 bits per heavy atom. The molecule has 0 aromatic carbocycles. The SMILES string of the molecule is Cn1cccc1CCNc1cc([C@H]2CCOC2)nc(N)n1. The van der Waals surface area contributed by atoms with Crippen molar-refractivity contribution in [2.45, 2.75) is 18.8 Å². The van der Waals surface area contributed by atoms with Gasteiger partial charge in [-0.1, -0.05) is 0 Å². The first-order valence-corrected chi connectivity index (χ1v) is 7.28. The predicted octanol–water partition coefficient (Wildman–Crippen LogP) is 1.56. The second kappa shape index (κ2) is 6.13. The molecule has 1 aliphatic heterocycles. The van der Waals surface area contributed by atoms with Gasteiger partial charge in [0.15, 0.2) is 0 Å². The summed E-state index contributed by atoms with van der Waals surface area (Å²) >= 11 is 0. The van der Waals surface area contributed by atoms with Gasteiger partial charge in [-0.15, -0.1) is 0 Å². The first-order valence-electron chi connectivity index (χ1n) is 7.28. The van der Waals surface area contributed by atoms with E-state index in [-0.39, 0.29) is 0 Å². The van der Waals surface area contributed by atoms with Gasteiger partial charge in [0.25, 0.3) is 0 Å². The van der Waals surface area contributed by atoms with Crippen molar-refractivity contribution in [1.29, 1.82) is 0 Å². The zero-order valence-corrected chi connectivity index (χ0v) is 12.2. The molecule has 1 fully saturated rings. The van der Waals surface area contributed by atoms with Crippen LogP contribution in [-0.2, 0) is 18.2 Å². The van der Waals surface area contributed by atoms with E-state index in [9.17, 15) is 0 Å². The van der Waals surface area contributed by atoms with Crippen LogP contribution < -0.4 is 11.1 Å². The molecule has 112 valence electrons. The molecule has 6 heteroatoms. The van der Waals surface area contributed by atoms with Crippen molar-refractivity contribution < 1.29 is 4.74 Å². The molecule has 0 saturated carbocycles. The van der Waals surface area contributed by atoms with Crippen LogP contribution in [0.15, 0.2) is 24.4 Å². The van der Waals surface area contributed by atoms with Crippen LogP contribution in [0, 0.1) is 0 Å². The number of aromatic nitrogens is 3. The molecule has 0 unspecified atom stereocenters. The molecule has 0 radical (unpaired) electrons. The van der Waals surface area contributed by atoms with Crippen molar-refractivity contribution in [2.75, 3.05) is 30.8 Å². The van der Waals surface area contributed by atoms with Crippen molar-refractivity contribution in [3.8, 4) is 0 Å². The summed E-state index contributed by atoms with van der Waals surface area (Å²) in [7, 11) is 2.05. The van der Waals surface area contributed by atoms with Gasteiger partial charge in [-0.05, 0) is 18.6 Å². The van der Waals surface area contributed by atoms with Crippen LogP contribution in [0.4, 0.5) is 11.8 Å². The van der Waals surface area contributed by atoms with E-state index in [1.165, 1.54) is 5.69 Å². The van der Waals surface area contributed by atoms with Gasteiger partial charge < -0.3 is 20.4 Å². The highest BCUT2D eigenvalue weighted by molar-refractivity contribution is 5.41. The number of rotatable bonds is 5. The van der Waals surface area contributed by atoms with E-state index >= 15 is 0 Å². The van der Waals surface area contributed by atoms with Crippen LogP contribution in [0.3, 0.4) is 0 Å². The van der Waals surface area contributed by atoms with E-state index in [1.54, 1.807) is 0 Å². The van der Waals surface area contributed by atoms with Crippen LogP contribution in [0.1, 0.15) is 23.7 Å². The molecule has 1 saturated heterocycles. The minimum Gasteiger partial charge on any atom is -0.381 e. The summed E-state index contributed by atoms with van der Waals surface area (Å²) in [4.78, 5) is 8.58. The summed E-state index contributed by atoms with van der Waals surface area (Å²) in [5.41, 5.74) is 8.07.